The third-order valence-corrected chi connectivity index (χ3v) is 4.86. The van der Waals surface area contributed by atoms with Gasteiger partial charge in [-0.15, -0.1) is 20.1 Å². The summed E-state index contributed by atoms with van der Waals surface area (Å²) in [6.45, 7) is 0. The molecule has 10 heteroatoms. The van der Waals surface area contributed by atoms with Gasteiger partial charge in [0.2, 0.25) is 5.95 Å². The molecule has 0 saturated heterocycles. The molecule has 140 valence electrons. The van der Waals surface area contributed by atoms with Gasteiger partial charge in [0.05, 0.1) is 11.0 Å². The molecular formula is C18H10F2N4O3S. The van der Waals surface area contributed by atoms with E-state index in [4.69, 9.17) is 0 Å². The van der Waals surface area contributed by atoms with Crippen molar-refractivity contribution in [2.45, 2.75) is 6.29 Å². The molecule has 5 rings (SSSR count). The minimum atomic E-state index is -3.69. The summed E-state index contributed by atoms with van der Waals surface area (Å²) in [4.78, 5) is 23.9. The molecule has 3 heterocycles. The minimum absolute atomic E-state index is 0.102. The SMILES string of the molecule is O=C(Nc1nc2cc3c(cc2[nH]1)OC(F)(F)O3)c1cccc(-c2nccs2)c1. The maximum absolute atomic E-state index is 13.1. The first-order chi connectivity index (χ1) is 13.5. The highest BCUT2D eigenvalue weighted by Gasteiger charge is 2.43. The number of fused-ring (bicyclic) bond motifs is 2. The van der Waals surface area contributed by atoms with Crippen LogP contribution in [0.15, 0.2) is 48.0 Å². The van der Waals surface area contributed by atoms with E-state index in [1.807, 2.05) is 11.4 Å². The van der Waals surface area contributed by atoms with Crippen molar-refractivity contribution >= 4 is 34.2 Å². The van der Waals surface area contributed by atoms with Gasteiger partial charge in [0.25, 0.3) is 5.91 Å². The second-order valence-corrected chi connectivity index (χ2v) is 6.84. The molecule has 4 aromatic rings. The first kappa shape index (κ1) is 16.6. The molecule has 28 heavy (non-hydrogen) atoms. The molecule has 0 spiro atoms. The number of amides is 1. The van der Waals surface area contributed by atoms with Crippen LogP contribution in [0, 0.1) is 0 Å². The van der Waals surface area contributed by atoms with Crippen LogP contribution in [0.4, 0.5) is 14.7 Å². The Balaban J connectivity index is 1.40. The number of halogens is 2. The number of nitrogens with one attached hydrogen (secondary N) is 2. The third kappa shape index (κ3) is 2.93. The summed E-state index contributed by atoms with van der Waals surface area (Å²) in [5.41, 5.74) is 2.04. The zero-order valence-electron chi connectivity index (χ0n) is 13.9. The number of aromatic amines is 1. The number of anilines is 1. The number of hydrogen-bond acceptors (Lipinski definition) is 6. The molecule has 0 unspecified atom stereocenters. The molecular weight excluding hydrogens is 390 g/mol. The number of carbonyl (C=O) groups is 1. The van der Waals surface area contributed by atoms with Crippen LogP contribution in [0.5, 0.6) is 11.5 Å². The van der Waals surface area contributed by atoms with Gasteiger partial charge >= 0.3 is 6.29 Å². The second-order valence-electron chi connectivity index (χ2n) is 5.94. The highest BCUT2D eigenvalue weighted by molar-refractivity contribution is 7.13. The monoisotopic (exact) mass is 400 g/mol. The Morgan fingerprint density at radius 2 is 2.00 bits per heavy atom. The van der Waals surface area contributed by atoms with Crippen LogP contribution in [0.2, 0.25) is 0 Å². The van der Waals surface area contributed by atoms with Crippen molar-refractivity contribution in [3.63, 3.8) is 0 Å². The topological polar surface area (TPSA) is 89.1 Å². The van der Waals surface area contributed by atoms with Gasteiger partial charge in [0.1, 0.15) is 5.01 Å². The van der Waals surface area contributed by atoms with E-state index in [-0.39, 0.29) is 23.4 Å². The van der Waals surface area contributed by atoms with E-state index in [1.165, 1.54) is 23.5 Å². The van der Waals surface area contributed by atoms with Crippen molar-refractivity contribution in [3.8, 4) is 22.1 Å². The number of rotatable bonds is 3. The van der Waals surface area contributed by atoms with Gasteiger partial charge in [0, 0.05) is 34.8 Å². The highest BCUT2D eigenvalue weighted by Crippen LogP contribution is 2.42. The molecule has 0 aliphatic carbocycles. The Morgan fingerprint density at radius 3 is 2.79 bits per heavy atom. The average molecular weight is 400 g/mol. The molecule has 2 aromatic heterocycles. The Labute approximate surface area is 160 Å². The molecule has 0 bridgehead atoms. The average Bonchev–Trinajstić information content (AvgIpc) is 3.36. The van der Waals surface area contributed by atoms with Crippen molar-refractivity contribution in [3.05, 3.63) is 53.5 Å². The standard InChI is InChI=1S/C18H10F2N4O3S/c19-18(20)26-13-7-11-12(8-14(13)27-18)23-17(22-11)24-15(25)9-2-1-3-10(6-9)16-21-4-5-28-16/h1-8H,(H2,22,23,24,25). The first-order valence-electron chi connectivity index (χ1n) is 8.08. The van der Waals surface area contributed by atoms with Gasteiger partial charge in [-0.05, 0) is 12.1 Å². The van der Waals surface area contributed by atoms with Crippen molar-refractivity contribution < 1.29 is 23.0 Å². The van der Waals surface area contributed by atoms with Gasteiger partial charge in [-0.1, -0.05) is 12.1 Å². The lowest BCUT2D eigenvalue weighted by molar-refractivity contribution is -0.286. The second kappa shape index (κ2) is 5.99. The molecule has 1 aliphatic heterocycles. The number of ether oxygens (including phenoxy) is 2. The zero-order valence-corrected chi connectivity index (χ0v) is 14.7. The van der Waals surface area contributed by atoms with E-state index in [0.29, 0.717) is 16.6 Å². The summed E-state index contributed by atoms with van der Waals surface area (Å²) in [7, 11) is 0. The van der Waals surface area contributed by atoms with Crippen molar-refractivity contribution in [1.82, 2.24) is 15.0 Å². The van der Waals surface area contributed by atoms with Crippen LogP contribution in [-0.2, 0) is 0 Å². The molecule has 1 amide bonds. The summed E-state index contributed by atoms with van der Waals surface area (Å²) in [6, 6.07) is 9.71. The maximum Gasteiger partial charge on any atom is 0.586 e. The lowest BCUT2D eigenvalue weighted by Crippen LogP contribution is -2.25. The molecule has 1 aliphatic rings. The van der Waals surface area contributed by atoms with Crippen LogP contribution in [0.3, 0.4) is 0 Å². The summed E-state index contributed by atoms with van der Waals surface area (Å²) >= 11 is 1.48. The lowest BCUT2D eigenvalue weighted by atomic mass is 10.1. The van der Waals surface area contributed by atoms with Crippen LogP contribution in [0.1, 0.15) is 10.4 Å². The Morgan fingerprint density at radius 1 is 1.18 bits per heavy atom. The number of carbonyl (C=O) groups excluding carboxylic acids is 1. The van der Waals surface area contributed by atoms with E-state index in [0.717, 1.165) is 10.6 Å². The van der Waals surface area contributed by atoms with Crippen LogP contribution >= 0.6 is 11.3 Å². The molecule has 0 saturated carbocycles. The van der Waals surface area contributed by atoms with Crippen LogP contribution in [-0.4, -0.2) is 27.2 Å². The number of thiazole rings is 1. The first-order valence-corrected chi connectivity index (χ1v) is 8.96. The minimum Gasteiger partial charge on any atom is -0.395 e. The quantitative estimate of drug-likeness (QED) is 0.536. The number of hydrogen-bond donors (Lipinski definition) is 2. The Kier molecular flexibility index (Phi) is 3.56. The van der Waals surface area contributed by atoms with Crippen molar-refractivity contribution in [2.75, 3.05) is 5.32 Å². The summed E-state index contributed by atoms with van der Waals surface area (Å²) in [5, 5.41) is 5.33. The fraction of sp³-hybridized carbons (Fsp3) is 0.0556. The number of aromatic nitrogens is 3. The van der Waals surface area contributed by atoms with Crippen molar-refractivity contribution in [2.24, 2.45) is 0 Å². The molecule has 0 atom stereocenters. The van der Waals surface area contributed by atoms with E-state index < -0.39 is 6.29 Å². The smallest absolute Gasteiger partial charge is 0.395 e. The van der Waals surface area contributed by atoms with Gasteiger partial charge in [-0.25, -0.2) is 9.97 Å². The van der Waals surface area contributed by atoms with E-state index in [9.17, 15) is 13.6 Å². The number of alkyl halides is 2. The van der Waals surface area contributed by atoms with Gasteiger partial charge in [0.15, 0.2) is 11.5 Å². The van der Waals surface area contributed by atoms with Crippen LogP contribution in [0.25, 0.3) is 21.6 Å². The van der Waals surface area contributed by atoms with Crippen molar-refractivity contribution in [1.29, 1.82) is 0 Å². The fourth-order valence-electron chi connectivity index (χ4n) is 2.85. The van der Waals surface area contributed by atoms with Gasteiger partial charge in [-0.2, -0.15) is 0 Å². The Bertz CT molecular complexity index is 1160. The van der Waals surface area contributed by atoms with E-state index >= 15 is 0 Å². The highest BCUT2D eigenvalue weighted by atomic mass is 32.1. The molecule has 0 fully saturated rings. The summed E-state index contributed by atoms with van der Waals surface area (Å²) in [5.74, 6) is -0.410. The molecule has 7 nitrogen and oxygen atoms in total. The largest absolute Gasteiger partial charge is 0.586 e. The normalized spacial score (nSPS) is 14.4. The lowest BCUT2D eigenvalue weighted by Gasteiger charge is -2.04. The maximum atomic E-state index is 13.1. The number of nitrogens with zero attached hydrogens (tertiary/aromatic N) is 2. The fourth-order valence-corrected chi connectivity index (χ4v) is 3.49. The third-order valence-electron chi connectivity index (χ3n) is 4.04. The summed E-state index contributed by atoms with van der Waals surface area (Å²) < 4.78 is 35.1. The summed E-state index contributed by atoms with van der Waals surface area (Å²) in [6.07, 6.45) is -2.00. The van der Waals surface area contributed by atoms with Gasteiger partial charge in [-0.3, -0.25) is 10.1 Å². The van der Waals surface area contributed by atoms with E-state index in [1.54, 1.807) is 24.4 Å². The van der Waals surface area contributed by atoms with E-state index in [2.05, 4.69) is 29.7 Å². The molecule has 2 N–H and O–H groups in total. The molecule has 0 radical (unpaired) electrons. The number of H-pyrrole nitrogens is 1. The predicted octanol–water partition coefficient (Wildman–Crippen LogP) is 4.26. The zero-order chi connectivity index (χ0) is 19.3. The molecule has 2 aromatic carbocycles. The van der Waals surface area contributed by atoms with Crippen LogP contribution < -0.4 is 14.8 Å². The number of benzene rings is 2. The Hall–Kier alpha value is -3.53. The predicted molar refractivity (Wildman–Crippen MR) is 97.8 cm³/mol. The van der Waals surface area contributed by atoms with Gasteiger partial charge < -0.3 is 14.5 Å². The number of imidazole rings is 1.